The first-order valence-electron chi connectivity index (χ1n) is 19.4. The lowest BCUT2D eigenvalue weighted by Gasteiger charge is -2.28. The monoisotopic (exact) mass is 728 g/mol. The summed E-state index contributed by atoms with van der Waals surface area (Å²) in [4.78, 5) is 2.39. The van der Waals surface area contributed by atoms with Gasteiger partial charge in [0.2, 0.25) is 0 Å². The topological polar surface area (TPSA) is 21.3 Å². The summed E-state index contributed by atoms with van der Waals surface area (Å²) in [5.74, 6) is 0. The number of fused-ring (bicyclic) bond motifs is 6. The van der Waals surface area contributed by atoms with Gasteiger partial charge in [0.05, 0.1) is 22.4 Å². The lowest BCUT2D eigenvalue weighted by Crippen LogP contribution is -2.11. The van der Waals surface area contributed by atoms with Crippen molar-refractivity contribution < 1.29 is 4.42 Å². The molecule has 9 aromatic carbocycles. The summed E-state index contributed by atoms with van der Waals surface area (Å²) in [5.41, 5.74) is 15.1. The number of hydrogen-bond donors (Lipinski definition) is 0. The maximum Gasteiger partial charge on any atom is 0.159 e. The molecular weight excluding hydrogens is 693 g/mol. The zero-order valence-corrected chi connectivity index (χ0v) is 31.1. The molecule has 11 rings (SSSR count). The van der Waals surface area contributed by atoms with Crippen molar-refractivity contribution in [1.82, 2.24) is 4.57 Å². The fourth-order valence-corrected chi connectivity index (χ4v) is 8.67. The Balaban J connectivity index is 1.22. The van der Waals surface area contributed by atoms with Gasteiger partial charge in [-0.2, -0.15) is 0 Å². The van der Waals surface area contributed by atoms with Crippen LogP contribution in [0.15, 0.2) is 223 Å². The smallest absolute Gasteiger partial charge is 0.159 e. The van der Waals surface area contributed by atoms with Crippen LogP contribution >= 0.6 is 0 Å². The molecule has 2 aromatic heterocycles. The van der Waals surface area contributed by atoms with Crippen molar-refractivity contribution in [2.75, 3.05) is 4.90 Å². The van der Waals surface area contributed by atoms with E-state index >= 15 is 0 Å². The maximum absolute atomic E-state index is 7.09. The highest BCUT2D eigenvalue weighted by Gasteiger charge is 2.25. The third-order valence-corrected chi connectivity index (χ3v) is 11.2. The maximum atomic E-state index is 7.09. The van der Waals surface area contributed by atoms with E-state index in [4.69, 9.17) is 4.42 Å². The lowest BCUT2D eigenvalue weighted by atomic mass is 9.99. The quantitative estimate of drug-likeness (QED) is 0.163. The van der Waals surface area contributed by atoms with Crippen LogP contribution in [0, 0.1) is 0 Å². The SMILES string of the molecule is c1ccc(-c2ccccc2N(c2ccc3c4c(-c5ccccc5)cccc4n(-c4ccccc4)c3c2)c2cccc3c2oc2c(-c4ccccc4)cccc23)cc1. The van der Waals surface area contributed by atoms with Gasteiger partial charge in [-0.1, -0.05) is 176 Å². The second kappa shape index (κ2) is 13.6. The van der Waals surface area contributed by atoms with Crippen LogP contribution in [-0.4, -0.2) is 4.57 Å². The summed E-state index contributed by atoms with van der Waals surface area (Å²) in [7, 11) is 0. The molecule has 0 radical (unpaired) electrons. The van der Waals surface area contributed by atoms with E-state index in [9.17, 15) is 0 Å². The van der Waals surface area contributed by atoms with Gasteiger partial charge in [0.1, 0.15) is 5.58 Å². The van der Waals surface area contributed by atoms with Gasteiger partial charge in [0.15, 0.2) is 5.58 Å². The molecule has 3 heteroatoms. The van der Waals surface area contributed by atoms with Crippen molar-refractivity contribution >= 4 is 60.8 Å². The summed E-state index contributed by atoms with van der Waals surface area (Å²) < 4.78 is 9.50. The number of aromatic nitrogens is 1. The van der Waals surface area contributed by atoms with Crippen LogP contribution in [0.4, 0.5) is 17.1 Å². The van der Waals surface area contributed by atoms with Crippen LogP contribution in [0.5, 0.6) is 0 Å². The highest BCUT2D eigenvalue weighted by molar-refractivity contribution is 6.17. The minimum absolute atomic E-state index is 0.841. The minimum atomic E-state index is 0.841. The number of anilines is 3. The largest absolute Gasteiger partial charge is 0.453 e. The van der Waals surface area contributed by atoms with E-state index in [1.54, 1.807) is 0 Å². The fraction of sp³-hybridized carbons (Fsp3) is 0. The van der Waals surface area contributed by atoms with Gasteiger partial charge in [0.25, 0.3) is 0 Å². The second-order valence-electron chi connectivity index (χ2n) is 14.5. The van der Waals surface area contributed by atoms with Gasteiger partial charge >= 0.3 is 0 Å². The Morgan fingerprint density at radius 3 is 1.60 bits per heavy atom. The predicted octanol–water partition coefficient (Wildman–Crippen LogP) is 15.2. The minimum Gasteiger partial charge on any atom is -0.453 e. The molecule has 0 saturated carbocycles. The normalized spacial score (nSPS) is 11.5. The zero-order valence-electron chi connectivity index (χ0n) is 31.1. The van der Waals surface area contributed by atoms with Crippen molar-refractivity contribution in [3.8, 4) is 39.1 Å². The lowest BCUT2D eigenvalue weighted by molar-refractivity contribution is 0.670. The number of nitrogens with zero attached hydrogens (tertiary/aromatic N) is 2. The standard InChI is InChI=1S/C54H36N2O/c1-5-18-37(19-6-1)42-26-13-14-31-48(42)56(50-33-17-30-46-45-29-15-28-44(53(45)57-54(46)50)39-22-9-3-10-23-39)41-34-35-47-51(36-41)55(40-24-11-4-12-25-40)49-32-16-27-43(52(47)49)38-20-7-2-8-21-38/h1-36H. The Labute approximate surface area is 330 Å². The van der Waals surface area contributed by atoms with Crippen LogP contribution in [0.3, 0.4) is 0 Å². The zero-order chi connectivity index (χ0) is 37.7. The van der Waals surface area contributed by atoms with Crippen LogP contribution in [0.2, 0.25) is 0 Å². The van der Waals surface area contributed by atoms with Crippen molar-refractivity contribution in [3.05, 3.63) is 218 Å². The number of furan rings is 1. The Morgan fingerprint density at radius 1 is 0.351 bits per heavy atom. The third-order valence-electron chi connectivity index (χ3n) is 11.2. The van der Waals surface area contributed by atoms with E-state index < -0.39 is 0 Å². The molecule has 11 aromatic rings. The summed E-state index contributed by atoms with van der Waals surface area (Å²) in [6.07, 6.45) is 0. The van der Waals surface area contributed by atoms with Gasteiger partial charge in [-0.25, -0.2) is 0 Å². The van der Waals surface area contributed by atoms with E-state index in [0.29, 0.717) is 0 Å². The highest BCUT2D eigenvalue weighted by atomic mass is 16.3. The molecule has 0 saturated heterocycles. The Hall–Kier alpha value is -7.62. The first kappa shape index (κ1) is 32.8. The average Bonchev–Trinajstić information content (AvgIpc) is 3.84. The van der Waals surface area contributed by atoms with Crippen molar-refractivity contribution in [1.29, 1.82) is 0 Å². The molecule has 57 heavy (non-hydrogen) atoms. The number of rotatable bonds is 7. The van der Waals surface area contributed by atoms with Gasteiger partial charge in [0, 0.05) is 44.0 Å². The second-order valence-corrected chi connectivity index (χ2v) is 14.5. The first-order chi connectivity index (χ1) is 28.3. The molecule has 268 valence electrons. The summed E-state index contributed by atoms with van der Waals surface area (Å²) in [6, 6.07) is 77.9. The molecule has 0 bridgehead atoms. The van der Waals surface area contributed by atoms with Crippen LogP contribution in [0.25, 0.3) is 82.8 Å². The number of benzene rings is 9. The molecule has 0 atom stereocenters. The Bertz CT molecular complexity index is 3220. The third kappa shape index (κ3) is 5.43. The number of para-hydroxylation sites is 4. The van der Waals surface area contributed by atoms with Crippen molar-refractivity contribution in [3.63, 3.8) is 0 Å². The van der Waals surface area contributed by atoms with E-state index in [-0.39, 0.29) is 0 Å². The molecular formula is C54H36N2O. The van der Waals surface area contributed by atoms with Gasteiger partial charge in [-0.3, -0.25) is 0 Å². The molecule has 0 amide bonds. The van der Waals surface area contributed by atoms with E-state index in [0.717, 1.165) is 72.5 Å². The molecule has 0 aliphatic heterocycles. The van der Waals surface area contributed by atoms with Crippen molar-refractivity contribution in [2.45, 2.75) is 0 Å². The average molecular weight is 729 g/mol. The van der Waals surface area contributed by atoms with Gasteiger partial charge in [-0.15, -0.1) is 0 Å². The summed E-state index contributed by atoms with van der Waals surface area (Å²) in [5, 5.41) is 4.60. The van der Waals surface area contributed by atoms with Crippen molar-refractivity contribution in [2.24, 2.45) is 0 Å². The molecule has 0 N–H and O–H groups in total. The molecule has 0 aliphatic carbocycles. The number of hydrogen-bond acceptors (Lipinski definition) is 2. The Kier molecular flexibility index (Phi) is 7.82. The summed E-state index contributed by atoms with van der Waals surface area (Å²) in [6.45, 7) is 0. The summed E-state index contributed by atoms with van der Waals surface area (Å²) >= 11 is 0. The van der Waals surface area contributed by atoms with Gasteiger partial charge < -0.3 is 13.9 Å². The van der Waals surface area contributed by atoms with E-state index in [2.05, 4.69) is 228 Å². The molecule has 0 unspecified atom stereocenters. The molecule has 0 fully saturated rings. The first-order valence-corrected chi connectivity index (χ1v) is 19.4. The van der Waals surface area contributed by atoms with Crippen LogP contribution in [0.1, 0.15) is 0 Å². The molecule has 0 spiro atoms. The Morgan fingerprint density at radius 2 is 0.877 bits per heavy atom. The molecule has 2 heterocycles. The highest BCUT2D eigenvalue weighted by Crippen LogP contribution is 2.48. The van der Waals surface area contributed by atoms with E-state index in [1.807, 2.05) is 0 Å². The predicted molar refractivity (Wildman–Crippen MR) is 239 cm³/mol. The fourth-order valence-electron chi connectivity index (χ4n) is 8.67. The molecule has 0 aliphatic rings. The van der Waals surface area contributed by atoms with E-state index in [1.165, 1.54) is 27.4 Å². The molecule has 3 nitrogen and oxygen atoms in total. The van der Waals surface area contributed by atoms with Crippen LogP contribution < -0.4 is 4.90 Å². The van der Waals surface area contributed by atoms with Crippen LogP contribution in [-0.2, 0) is 0 Å². The van der Waals surface area contributed by atoms with Gasteiger partial charge in [-0.05, 0) is 64.7 Å².